The second kappa shape index (κ2) is 18.5. The van der Waals surface area contributed by atoms with Gasteiger partial charge in [0, 0.05) is 12.8 Å². The summed E-state index contributed by atoms with van der Waals surface area (Å²) in [5.74, 6) is -2.86. The third-order valence-corrected chi connectivity index (χ3v) is 5.57. The van der Waals surface area contributed by atoms with Crippen LogP contribution in [0.4, 0.5) is 0 Å². The number of carbonyl (C=O) groups excluding carboxylic acids is 3. The van der Waals surface area contributed by atoms with Crippen molar-refractivity contribution in [3.63, 3.8) is 0 Å². The van der Waals surface area contributed by atoms with Crippen LogP contribution in [-0.2, 0) is 19.2 Å². The molecule has 0 heterocycles. The maximum atomic E-state index is 12.5. The fourth-order valence-electron chi connectivity index (χ4n) is 3.54. The number of carbonyl (C=O) groups is 4. The summed E-state index contributed by atoms with van der Waals surface area (Å²) in [6, 6.07) is -2.05. The Kier molecular flexibility index (Phi) is 17.2. The normalized spacial score (nSPS) is 12.9. The topological polar surface area (TPSA) is 139 Å². The summed E-state index contributed by atoms with van der Waals surface area (Å²) in [6.07, 6.45) is 13.3. The second-order valence-electron chi connectivity index (χ2n) is 8.98. The van der Waals surface area contributed by atoms with Crippen molar-refractivity contribution in [1.29, 1.82) is 0 Å². The molecule has 0 bridgehead atoms. The summed E-state index contributed by atoms with van der Waals surface area (Å²) in [4.78, 5) is 47.1. The fourth-order valence-corrected chi connectivity index (χ4v) is 3.54. The van der Waals surface area contributed by atoms with E-state index in [-0.39, 0.29) is 24.7 Å². The van der Waals surface area contributed by atoms with E-state index < -0.39 is 29.9 Å². The van der Waals surface area contributed by atoms with E-state index in [1.54, 1.807) is 13.8 Å². The smallest absolute Gasteiger partial charge is 0.326 e. The molecule has 3 amide bonds. The van der Waals surface area contributed by atoms with Crippen LogP contribution in [0.3, 0.4) is 0 Å². The third-order valence-electron chi connectivity index (χ3n) is 5.57. The Morgan fingerprint density at radius 3 is 1.72 bits per heavy atom. The molecule has 0 saturated heterocycles. The number of rotatable bonds is 20. The highest BCUT2D eigenvalue weighted by molar-refractivity contribution is 5.90. The Labute approximate surface area is 193 Å². The van der Waals surface area contributed by atoms with E-state index in [1.165, 1.54) is 51.4 Å². The van der Waals surface area contributed by atoms with Gasteiger partial charge in [-0.2, -0.15) is 0 Å². The molecule has 2 atom stereocenters. The van der Waals surface area contributed by atoms with Gasteiger partial charge in [0.25, 0.3) is 0 Å². The van der Waals surface area contributed by atoms with Gasteiger partial charge < -0.3 is 21.5 Å². The summed E-state index contributed by atoms with van der Waals surface area (Å²) in [5, 5.41) is 14.4. The lowest BCUT2D eigenvalue weighted by molar-refractivity contribution is -0.142. The Morgan fingerprint density at radius 2 is 1.28 bits per heavy atom. The molecule has 0 aliphatic heterocycles. The number of primary amides is 1. The van der Waals surface area contributed by atoms with E-state index in [2.05, 4.69) is 17.6 Å². The van der Waals surface area contributed by atoms with Crippen molar-refractivity contribution in [2.75, 3.05) is 0 Å². The number of aliphatic carboxylic acids is 1. The number of carboxylic acids is 1. The fraction of sp³-hybridized carbons (Fsp3) is 0.833. The van der Waals surface area contributed by atoms with E-state index in [9.17, 15) is 24.3 Å². The highest BCUT2D eigenvalue weighted by atomic mass is 16.4. The van der Waals surface area contributed by atoms with E-state index >= 15 is 0 Å². The van der Waals surface area contributed by atoms with Crippen LogP contribution >= 0.6 is 0 Å². The average Bonchev–Trinajstić information content (AvgIpc) is 2.72. The minimum Gasteiger partial charge on any atom is -0.480 e. The molecule has 186 valence electrons. The number of carboxylic acid groups (broad SMARTS) is 1. The van der Waals surface area contributed by atoms with Crippen molar-refractivity contribution in [1.82, 2.24) is 10.6 Å². The molecule has 0 aromatic heterocycles. The first-order valence-corrected chi connectivity index (χ1v) is 12.3. The Hall–Kier alpha value is -2.12. The molecule has 0 saturated carbocycles. The Bertz CT molecular complexity index is 566. The van der Waals surface area contributed by atoms with Gasteiger partial charge in [-0.1, -0.05) is 85.0 Å². The molecular weight excluding hydrogens is 410 g/mol. The molecule has 0 aliphatic rings. The van der Waals surface area contributed by atoms with Crippen LogP contribution in [-0.4, -0.2) is 40.9 Å². The van der Waals surface area contributed by atoms with Gasteiger partial charge in [0.1, 0.15) is 12.1 Å². The zero-order chi connectivity index (χ0) is 24.4. The number of unbranched alkanes of at least 4 members (excludes halogenated alkanes) is 10. The number of hydrogen-bond donors (Lipinski definition) is 4. The standard InChI is InChI=1S/C24H45N3O5/c1-4-5-6-7-8-9-10-11-12-13-14-15-21(29)27-22(18(2)3)23(30)26-19(24(31)32)16-17-20(25)28/h18-19,22H,4-17H2,1-3H3,(H2,25,28)(H,26,30)(H,27,29)(H,31,32)/t19-,22+/m1/s1. The first kappa shape index (κ1) is 29.9. The third kappa shape index (κ3) is 15.6. The summed E-state index contributed by atoms with van der Waals surface area (Å²) < 4.78 is 0. The van der Waals surface area contributed by atoms with Gasteiger partial charge in [-0.15, -0.1) is 0 Å². The number of nitrogens with two attached hydrogens (primary N) is 1. The van der Waals surface area contributed by atoms with Crippen molar-refractivity contribution in [3.05, 3.63) is 0 Å². The zero-order valence-corrected chi connectivity index (χ0v) is 20.3. The molecule has 0 rings (SSSR count). The average molecular weight is 456 g/mol. The zero-order valence-electron chi connectivity index (χ0n) is 20.3. The summed E-state index contributed by atoms with van der Waals surface area (Å²) in [5.41, 5.74) is 5.06. The van der Waals surface area contributed by atoms with Crippen molar-refractivity contribution in [2.45, 2.75) is 123 Å². The molecule has 32 heavy (non-hydrogen) atoms. The van der Waals surface area contributed by atoms with Gasteiger partial charge in [0.05, 0.1) is 0 Å². The van der Waals surface area contributed by atoms with Gasteiger partial charge >= 0.3 is 5.97 Å². The first-order valence-electron chi connectivity index (χ1n) is 12.3. The van der Waals surface area contributed by atoms with Crippen molar-refractivity contribution in [2.24, 2.45) is 11.7 Å². The predicted octanol–water partition coefficient (Wildman–Crippen LogP) is 3.66. The molecule has 0 spiro atoms. The van der Waals surface area contributed by atoms with Crippen LogP contribution < -0.4 is 16.4 Å². The summed E-state index contributed by atoms with van der Waals surface area (Å²) in [7, 11) is 0. The van der Waals surface area contributed by atoms with E-state index in [1.807, 2.05) is 0 Å². The lowest BCUT2D eigenvalue weighted by Crippen LogP contribution is -2.53. The molecule has 0 aliphatic carbocycles. The molecule has 8 nitrogen and oxygen atoms in total. The number of nitrogens with one attached hydrogen (secondary N) is 2. The van der Waals surface area contributed by atoms with Crippen molar-refractivity contribution in [3.8, 4) is 0 Å². The molecule has 0 fully saturated rings. The Morgan fingerprint density at radius 1 is 0.781 bits per heavy atom. The SMILES string of the molecule is CCCCCCCCCCCCCC(=O)N[C@H](C(=O)N[C@H](CCC(N)=O)C(=O)O)C(C)C. The molecular formula is C24H45N3O5. The molecule has 5 N–H and O–H groups in total. The highest BCUT2D eigenvalue weighted by Crippen LogP contribution is 2.12. The van der Waals surface area contributed by atoms with Gasteiger partial charge in [-0.3, -0.25) is 14.4 Å². The number of hydrogen-bond acceptors (Lipinski definition) is 4. The molecule has 0 aromatic rings. The van der Waals surface area contributed by atoms with Gasteiger partial charge in [0.2, 0.25) is 17.7 Å². The maximum Gasteiger partial charge on any atom is 0.326 e. The lowest BCUT2D eigenvalue weighted by atomic mass is 10.0. The molecule has 0 unspecified atom stereocenters. The van der Waals surface area contributed by atoms with Crippen LogP contribution in [0.5, 0.6) is 0 Å². The molecule has 0 radical (unpaired) electrons. The second-order valence-corrected chi connectivity index (χ2v) is 8.98. The summed E-state index contributed by atoms with van der Waals surface area (Å²) >= 11 is 0. The minimum absolute atomic E-state index is 0.0894. The predicted molar refractivity (Wildman–Crippen MR) is 126 cm³/mol. The van der Waals surface area contributed by atoms with Crippen molar-refractivity contribution >= 4 is 23.7 Å². The van der Waals surface area contributed by atoms with Crippen LogP contribution in [0.2, 0.25) is 0 Å². The van der Waals surface area contributed by atoms with Crippen molar-refractivity contribution < 1.29 is 24.3 Å². The monoisotopic (exact) mass is 455 g/mol. The van der Waals surface area contributed by atoms with Crippen LogP contribution in [0.1, 0.15) is 111 Å². The first-order chi connectivity index (χ1) is 15.2. The quantitative estimate of drug-likeness (QED) is 0.207. The van der Waals surface area contributed by atoms with Crippen LogP contribution in [0.25, 0.3) is 0 Å². The number of amides is 3. The van der Waals surface area contributed by atoms with E-state index in [0.29, 0.717) is 6.42 Å². The maximum absolute atomic E-state index is 12.5. The summed E-state index contributed by atoms with van der Waals surface area (Å²) in [6.45, 7) is 5.79. The van der Waals surface area contributed by atoms with Gasteiger partial charge in [0.15, 0.2) is 0 Å². The lowest BCUT2D eigenvalue weighted by Gasteiger charge is -2.24. The van der Waals surface area contributed by atoms with Crippen LogP contribution in [0, 0.1) is 5.92 Å². The van der Waals surface area contributed by atoms with E-state index in [0.717, 1.165) is 19.3 Å². The van der Waals surface area contributed by atoms with Gasteiger partial charge in [-0.25, -0.2) is 4.79 Å². The highest BCUT2D eigenvalue weighted by Gasteiger charge is 2.28. The minimum atomic E-state index is -1.24. The molecule has 0 aromatic carbocycles. The van der Waals surface area contributed by atoms with E-state index in [4.69, 9.17) is 5.73 Å². The van der Waals surface area contributed by atoms with Crippen LogP contribution in [0.15, 0.2) is 0 Å². The molecule has 8 heteroatoms. The largest absolute Gasteiger partial charge is 0.480 e. The Balaban J connectivity index is 4.19. The van der Waals surface area contributed by atoms with Gasteiger partial charge in [-0.05, 0) is 18.8 Å².